The highest BCUT2D eigenvalue weighted by Gasteiger charge is 2.45. The van der Waals surface area contributed by atoms with Crippen LogP contribution in [0.3, 0.4) is 0 Å². The topological polar surface area (TPSA) is 85.8 Å². The number of rotatable bonds is 6. The van der Waals surface area contributed by atoms with Crippen LogP contribution in [0.15, 0.2) is 70.3 Å². The van der Waals surface area contributed by atoms with Crippen molar-refractivity contribution in [1.29, 1.82) is 0 Å². The maximum absolute atomic E-state index is 13.8. The molecule has 0 bridgehead atoms. The molecule has 7 nitrogen and oxygen atoms in total. The number of aromatic amines is 1. The summed E-state index contributed by atoms with van der Waals surface area (Å²) in [6.07, 6.45) is 7.70. The monoisotopic (exact) mass is 438 g/mol. The van der Waals surface area contributed by atoms with E-state index in [2.05, 4.69) is 9.98 Å². The fraction of sp³-hybridized carbons (Fsp3) is 0.304. The highest BCUT2D eigenvalue weighted by atomic mass is 32.2. The van der Waals surface area contributed by atoms with Crippen LogP contribution in [-0.4, -0.2) is 54.7 Å². The van der Waals surface area contributed by atoms with Crippen LogP contribution < -0.4 is 0 Å². The Bertz CT molecular complexity index is 1170. The molecule has 0 spiro atoms. The molecule has 2 aliphatic rings. The van der Waals surface area contributed by atoms with Gasteiger partial charge in [-0.25, -0.2) is 8.42 Å². The fourth-order valence-electron chi connectivity index (χ4n) is 4.13. The number of aromatic nitrogens is 1. The molecule has 4 rings (SSSR count). The summed E-state index contributed by atoms with van der Waals surface area (Å²) in [7, 11) is 0.0442. The number of hydrogen-bond acceptors (Lipinski definition) is 5. The molecular formula is C23H26N4O3S. The number of nitrogens with zero attached hydrogens (tertiary/aromatic N) is 3. The number of H-pyrrole nitrogens is 1. The van der Waals surface area contributed by atoms with Crippen LogP contribution in [0, 0.1) is 6.92 Å². The number of allylic oxidation sites excluding steroid dienone is 1. The van der Waals surface area contributed by atoms with E-state index in [9.17, 15) is 13.2 Å². The van der Waals surface area contributed by atoms with Crippen molar-refractivity contribution in [1.82, 2.24) is 14.2 Å². The van der Waals surface area contributed by atoms with Crippen molar-refractivity contribution in [3.8, 4) is 0 Å². The first kappa shape index (κ1) is 21.3. The predicted molar refractivity (Wildman–Crippen MR) is 120 cm³/mol. The van der Waals surface area contributed by atoms with E-state index in [0.29, 0.717) is 24.2 Å². The van der Waals surface area contributed by atoms with E-state index in [1.54, 1.807) is 40.7 Å². The third-order valence-electron chi connectivity index (χ3n) is 5.56. The molecule has 0 amide bonds. The van der Waals surface area contributed by atoms with Gasteiger partial charge in [0.2, 0.25) is 10.0 Å². The highest BCUT2D eigenvalue weighted by Crippen LogP contribution is 2.41. The zero-order valence-corrected chi connectivity index (χ0v) is 18.6. The summed E-state index contributed by atoms with van der Waals surface area (Å²) in [6.45, 7) is 1.93. The van der Waals surface area contributed by atoms with Crippen molar-refractivity contribution in [2.75, 3.05) is 14.1 Å². The summed E-state index contributed by atoms with van der Waals surface area (Å²) in [6, 6.07) is 9.58. The maximum Gasteiger partial charge on any atom is 0.244 e. The van der Waals surface area contributed by atoms with Gasteiger partial charge in [-0.05, 0) is 56.2 Å². The molecule has 1 aromatic carbocycles. The molecule has 1 N–H and O–H groups in total. The molecule has 8 heteroatoms. The van der Waals surface area contributed by atoms with Crippen LogP contribution in [0.1, 0.15) is 40.6 Å². The normalized spacial score (nSPS) is 22.8. The zero-order chi connectivity index (χ0) is 22.2. The van der Waals surface area contributed by atoms with E-state index in [1.807, 2.05) is 44.3 Å². The van der Waals surface area contributed by atoms with Gasteiger partial charge in [-0.3, -0.25) is 9.79 Å². The molecule has 0 saturated carbocycles. The number of aliphatic imine (C=N–C) groups is 1. The standard InChI is InChI=1S/C23H26N4O3S/c1-16-4-8-19(9-5-16)31(29,30)27-22(20-10-6-17(24-20)14-26(2)3)12-13-23(27)21-11-7-18(15-28)25-21/h4-11,14-15,22-23,25H,12-13H2,1-3H3/b17-14-/t22-,23+/m1/s1. The van der Waals surface area contributed by atoms with E-state index < -0.39 is 16.1 Å². The van der Waals surface area contributed by atoms with Crippen LogP contribution in [0.4, 0.5) is 0 Å². The SMILES string of the molecule is Cc1ccc(S(=O)(=O)N2[C@@H](C3=N/C(=C\N(C)C)C=C3)CC[C@H]2c2ccc(C=O)[nH]2)cc1. The van der Waals surface area contributed by atoms with Gasteiger partial charge < -0.3 is 9.88 Å². The van der Waals surface area contributed by atoms with Crippen molar-refractivity contribution in [2.24, 2.45) is 4.99 Å². The van der Waals surface area contributed by atoms with Crippen molar-refractivity contribution < 1.29 is 13.2 Å². The fourth-order valence-corrected chi connectivity index (χ4v) is 5.96. The van der Waals surface area contributed by atoms with Crippen LogP contribution >= 0.6 is 0 Å². The largest absolute Gasteiger partial charge is 0.382 e. The molecule has 1 aromatic heterocycles. The quantitative estimate of drug-likeness (QED) is 0.700. The van der Waals surface area contributed by atoms with Crippen LogP contribution in [0.2, 0.25) is 0 Å². The summed E-state index contributed by atoms with van der Waals surface area (Å²) >= 11 is 0. The first-order valence-electron chi connectivity index (χ1n) is 10.2. The van der Waals surface area contributed by atoms with Crippen LogP contribution in [-0.2, 0) is 10.0 Å². The minimum atomic E-state index is -3.80. The lowest BCUT2D eigenvalue weighted by atomic mass is 10.1. The third-order valence-corrected chi connectivity index (χ3v) is 7.49. The molecule has 3 heterocycles. The van der Waals surface area contributed by atoms with Crippen molar-refractivity contribution in [3.05, 3.63) is 77.4 Å². The van der Waals surface area contributed by atoms with Gasteiger partial charge in [0.05, 0.1) is 34.1 Å². The second-order valence-corrected chi connectivity index (χ2v) is 9.97. The number of hydrogen-bond donors (Lipinski definition) is 1. The minimum absolute atomic E-state index is 0.254. The Morgan fingerprint density at radius 3 is 2.42 bits per heavy atom. The van der Waals surface area contributed by atoms with Gasteiger partial charge in [-0.15, -0.1) is 0 Å². The van der Waals surface area contributed by atoms with Crippen LogP contribution in [0.25, 0.3) is 0 Å². The van der Waals surface area contributed by atoms with Gasteiger partial charge in [0.15, 0.2) is 6.29 Å². The maximum atomic E-state index is 13.8. The van der Waals surface area contributed by atoms with Gasteiger partial charge >= 0.3 is 0 Å². The van der Waals surface area contributed by atoms with E-state index >= 15 is 0 Å². The van der Waals surface area contributed by atoms with Crippen molar-refractivity contribution >= 4 is 22.0 Å². The Balaban J connectivity index is 1.77. The van der Waals surface area contributed by atoms with Gasteiger partial charge in [0.1, 0.15) is 0 Å². The molecule has 2 aromatic rings. The first-order valence-corrected chi connectivity index (χ1v) is 11.6. The van der Waals surface area contributed by atoms with Crippen molar-refractivity contribution in [3.63, 3.8) is 0 Å². The molecule has 0 aliphatic carbocycles. The number of carbonyl (C=O) groups is 1. The number of benzene rings is 1. The van der Waals surface area contributed by atoms with Crippen molar-refractivity contribution in [2.45, 2.75) is 36.7 Å². The highest BCUT2D eigenvalue weighted by molar-refractivity contribution is 7.89. The summed E-state index contributed by atoms with van der Waals surface area (Å²) in [4.78, 5) is 21.1. The average molecular weight is 439 g/mol. The third kappa shape index (κ3) is 4.13. The number of aryl methyl sites for hydroxylation is 1. The predicted octanol–water partition coefficient (Wildman–Crippen LogP) is 3.44. The smallest absolute Gasteiger partial charge is 0.244 e. The average Bonchev–Trinajstić information content (AvgIpc) is 3.46. The molecule has 2 aliphatic heterocycles. The van der Waals surface area contributed by atoms with E-state index in [1.165, 1.54) is 0 Å². The molecule has 0 radical (unpaired) electrons. The Morgan fingerprint density at radius 2 is 1.77 bits per heavy atom. The molecular weight excluding hydrogens is 412 g/mol. The van der Waals surface area contributed by atoms with Gasteiger partial charge in [-0.1, -0.05) is 17.7 Å². The number of carbonyl (C=O) groups excluding carboxylic acids is 1. The summed E-state index contributed by atoms with van der Waals surface area (Å²) < 4.78 is 29.1. The van der Waals surface area contributed by atoms with Gasteiger partial charge in [0, 0.05) is 26.0 Å². The Hall–Kier alpha value is -2.97. The van der Waals surface area contributed by atoms with E-state index in [0.717, 1.165) is 23.3 Å². The Morgan fingerprint density at radius 1 is 1.06 bits per heavy atom. The lowest BCUT2D eigenvalue weighted by Gasteiger charge is -2.29. The lowest BCUT2D eigenvalue weighted by Crippen LogP contribution is -2.41. The van der Waals surface area contributed by atoms with E-state index in [-0.39, 0.29) is 10.9 Å². The lowest BCUT2D eigenvalue weighted by molar-refractivity contribution is 0.111. The molecule has 2 atom stereocenters. The second kappa shape index (κ2) is 8.28. The first-order chi connectivity index (χ1) is 14.8. The molecule has 1 saturated heterocycles. The van der Waals surface area contributed by atoms with Gasteiger partial charge in [-0.2, -0.15) is 4.31 Å². The summed E-state index contributed by atoms with van der Waals surface area (Å²) in [5, 5.41) is 0. The molecule has 1 fully saturated rings. The van der Waals surface area contributed by atoms with Crippen LogP contribution in [0.5, 0.6) is 0 Å². The number of aldehydes is 1. The number of nitrogens with one attached hydrogen (secondary N) is 1. The minimum Gasteiger partial charge on any atom is -0.382 e. The second-order valence-electron chi connectivity index (χ2n) is 8.13. The zero-order valence-electron chi connectivity index (χ0n) is 17.8. The number of sulfonamides is 1. The molecule has 162 valence electrons. The molecule has 31 heavy (non-hydrogen) atoms. The summed E-state index contributed by atoms with van der Waals surface area (Å²) in [5.41, 5.74) is 3.66. The Labute approximate surface area is 182 Å². The van der Waals surface area contributed by atoms with E-state index in [4.69, 9.17) is 0 Å². The summed E-state index contributed by atoms with van der Waals surface area (Å²) in [5.74, 6) is 0. The Kier molecular flexibility index (Phi) is 5.68. The molecule has 0 unspecified atom stereocenters. The van der Waals surface area contributed by atoms with Gasteiger partial charge in [0.25, 0.3) is 0 Å².